The number of fused-ring (bicyclic) bond motifs is 1. The predicted octanol–water partition coefficient (Wildman–Crippen LogP) is 3.59. The molecule has 6 nitrogen and oxygen atoms in total. The standard InChI is InChI=1S/C23H31FN6/c1-6-19(26-7-2)22(25-4)27-16(3)20-15-17-9-8-10-18(24)21(17)23(28-20)30-13-11-29(5)12-14-30/h8-10,15H,3,6-7,11-14H2,1-2,4-5H3,(H,25,27). The zero-order valence-corrected chi connectivity index (χ0v) is 18.4. The molecule has 3 rings (SSSR count). The fourth-order valence-electron chi connectivity index (χ4n) is 3.66. The normalized spacial score (nSPS) is 16.2. The molecular weight excluding hydrogens is 379 g/mol. The van der Waals surface area contributed by atoms with Crippen LogP contribution in [0.1, 0.15) is 26.0 Å². The van der Waals surface area contributed by atoms with Crippen LogP contribution in [0.4, 0.5) is 10.2 Å². The van der Waals surface area contributed by atoms with Crippen LogP contribution in [-0.4, -0.2) is 68.3 Å². The number of likely N-dealkylation sites (N-methyl/N-ethyl adjacent to an activating group) is 1. The molecule has 30 heavy (non-hydrogen) atoms. The van der Waals surface area contributed by atoms with Gasteiger partial charge in [0.25, 0.3) is 0 Å². The van der Waals surface area contributed by atoms with Crippen molar-refractivity contribution in [2.45, 2.75) is 20.3 Å². The summed E-state index contributed by atoms with van der Waals surface area (Å²) in [7, 11) is 3.83. The van der Waals surface area contributed by atoms with E-state index < -0.39 is 0 Å². The van der Waals surface area contributed by atoms with Gasteiger partial charge in [0.1, 0.15) is 17.5 Å². The largest absolute Gasteiger partial charge is 0.353 e. The first-order valence-electron chi connectivity index (χ1n) is 10.5. The summed E-state index contributed by atoms with van der Waals surface area (Å²) < 4.78 is 14.8. The van der Waals surface area contributed by atoms with Crippen LogP contribution in [0.5, 0.6) is 0 Å². The van der Waals surface area contributed by atoms with Gasteiger partial charge >= 0.3 is 0 Å². The number of nitrogens with zero attached hydrogens (tertiary/aromatic N) is 5. The second kappa shape index (κ2) is 9.80. The van der Waals surface area contributed by atoms with E-state index in [2.05, 4.69) is 38.7 Å². The number of anilines is 1. The Hall–Kier alpha value is -2.80. The Morgan fingerprint density at radius 2 is 1.97 bits per heavy atom. The van der Waals surface area contributed by atoms with E-state index in [-0.39, 0.29) is 5.82 Å². The number of pyridine rings is 1. The van der Waals surface area contributed by atoms with Gasteiger partial charge in [0.2, 0.25) is 0 Å². The highest BCUT2D eigenvalue weighted by Gasteiger charge is 2.21. The lowest BCUT2D eigenvalue weighted by atomic mass is 10.1. The summed E-state index contributed by atoms with van der Waals surface area (Å²) in [6, 6.07) is 7.02. The second-order valence-electron chi connectivity index (χ2n) is 7.41. The number of aromatic nitrogens is 1. The van der Waals surface area contributed by atoms with Crippen LogP contribution in [-0.2, 0) is 0 Å². The average Bonchev–Trinajstić information content (AvgIpc) is 2.76. The molecule has 0 aliphatic carbocycles. The lowest BCUT2D eigenvalue weighted by Gasteiger charge is -2.34. The molecule has 0 bridgehead atoms. The van der Waals surface area contributed by atoms with Gasteiger partial charge in [-0.15, -0.1) is 0 Å². The van der Waals surface area contributed by atoms with Crippen LogP contribution in [0.2, 0.25) is 0 Å². The van der Waals surface area contributed by atoms with E-state index in [1.54, 1.807) is 13.1 Å². The van der Waals surface area contributed by atoms with Crippen molar-refractivity contribution in [3.63, 3.8) is 0 Å². The van der Waals surface area contributed by atoms with Crippen LogP contribution in [0.25, 0.3) is 16.5 Å². The van der Waals surface area contributed by atoms with Gasteiger partial charge in [-0.2, -0.15) is 0 Å². The van der Waals surface area contributed by atoms with Crippen molar-refractivity contribution in [2.24, 2.45) is 9.98 Å². The molecule has 160 valence electrons. The van der Waals surface area contributed by atoms with Crippen LogP contribution in [0.15, 0.2) is 40.8 Å². The Morgan fingerprint density at radius 3 is 2.60 bits per heavy atom. The summed E-state index contributed by atoms with van der Waals surface area (Å²) in [5.41, 5.74) is 2.19. The first-order valence-corrected chi connectivity index (χ1v) is 10.5. The van der Waals surface area contributed by atoms with Gasteiger partial charge in [-0.1, -0.05) is 25.6 Å². The number of hydrogen-bond acceptors (Lipinski definition) is 5. The molecular formula is C23H31FN6. The lowest BCUT2D eigenvalue weighted by Crippen LogP contribution is -2.45. The second-order valence-corrected chi connectivity index (χ2v) is 7.41. The molecule has 0 unspecified atom stereocenters. The van der Waals surface area contributed by atoms with Crippen LogP contribution in [0.3, 0.4) is 0 Å². The predicted molar refractivity (Wildman–Crippen MR) is 125 cm³/mol. The van der Waals surface area contributed by atoms with Gasteiger partial charge in [-0.25, -0.2) is 9.37 Å². The Labute approximate surface area is 178 Å². The van der Waals surface area contributed by atoms with Crippen molar-refractivity contribution >= 4 is 33.8 Å². The smallest absolute Gasteiger partial charge is 0.146 e. The molecule has 2 heterocycles. The van der Waals surface area contributed by atoms with E-state index in [4.69, 9.17) is 4.98 Å². The van der Waals surface area contributed by atoms with Crippen molar-refractivity contribution in [1.82, 2.24) is 15.2 Å². The third kappa shape index (κ3) is 4.67. The highest BCUT2D eigenvalue weighted by Crippen LogP contribution is 2.30. The van der Waals surface area contributed by atoms with Crippen molar-refractivity contribution in [3.05, 3.63) is 42.4 Å². The zero-order chi connectivity index (χ0) is 21.7. The number of hydrogen-bond donors (Lipinski definition) is 1. The van der Waals surface area contributed by atoms with Gasteiger partial charge in [0.05, 0.1) is 22.5 Å². The first kappa shape index (κ1) is 21.9. The minimum absolute atomic E-state index is 0.252. The van der Waals surface area contributed by atoms with E-state index in [0.717, 1.165) is 43.7 Å². The van der Waals surface area contributed by atoms with Crippen molar-refractivity contribution < 1.29 is 4.39 Å². The maximum Gasteiger partial charge on any atom is 0.146 e. The van der Waals surface area contributed by atoms with Gasteiger partial charge in [0.15, 0.2) is 0 Å². The molecule has 0 saturated carbocycles. The molecule has 1 aromatic heterocycles. The van der Waals surface area contributed by atoms with E-state index in [9.17, 15) is 4.39 Å². The molecule has 1 saturated heterocycles. The molecule has 1 aliphatic heterocycles. The quantitative estimate of drug-likeness (QED) is 0.584. The number of amidine groups is 1. The fourth-order valence-corrected chi connectivity index (χ4v) is 3.66. The molecule has 1 fully saturated rings. The molecule has 0 radical (unpaired) electrons. The van der Waals surface area contributed by atoms with Gasteiger partial charge < -0.3 is 15.1 Å². The highest BCUT2D eigenvalue weighted by atomic mass is 19.1. The summed E-state index contributed by atoms with van der Waals surface area (Å²) in [5.74, 6) is 1.11. The third-order valence-electron chi connectivity index (χ3n) is 5.35. The first-order chi connectivity index (χ1) is 14.5. The van der Waals surface area contributed by atoms with E-state index in [1.165, 1.54) is 6.07 Å². The molecule has 2 aromatic rings. The Balaban J connectivity index is 2.00. The molecule has 1 N–H and O–H groups in total. The topological polar surface area (TPSA) is 56.1 Å². The molecule has 0 amide bonds. The summed E-state index contributed by atoms with van der Waals surface area (Å²) in [6.07, 6.45) is 0.768. The number of benzene rings is 1. The molecule has 1 aromatic carbocycles. The molecule has 0 spiro atoms. The number of piperazine rings is 1. The molecule has 7 heteroatoms. The SMILES string of the molecule is C=C(NC(=NC)C(CC)=NCC)c1cc2cccc(F)c2c(N2CCN(C)CC2)n1. The van der Waals surface area contributed by atoms with E-state index in [1.807, 2.05) is 26.0 Å². The maximum atomic E-state index is 14.8. The summed E-state index contributed by atoms with van der Waals surface area (Å²) >= 11 is 0. The number of nitrogens with one attached hydrogen (secondary N) is 1. The summed E-state index contributed by atoms with van der Waals surface area (Å²) in [4.78, 5) is 18.1. The van der Waals surface area contributed by atoms with Crippen molar-refractivity contribution in [1.29, 1.82) is 0 Å². The minimum Gasteiger partial charge on any atom is -0.353 e. The summed E-state index contributed by atoms with van der Waals surface area (Å²) in [6.45, 7) is 12.4. The van der Waals surface area contributed by atoms with Crippen LogP contribution in [0, 0.1) is 5.82 Å². The summed E-state index contributed by atoms with van der Waals surface area (Å²) in [5, 5.41) is 4.65. The highest BCUT2D eigenvalue weighted by molar-refractivity contribution is 6.42. The fraction of sp³-hybridized carbons (Fsp3) is 0.435. The van der Waals surface area contributed by atoms with E-state index in [0.29, 0.717) is 35.0 Å². The van der Waals surface area contributed by atoms with Crippen molar-refractivity contribution in [3.8, 4) is 0 Å². The van der Waals surface area contributed by atoms with Crippen molar-refractivity contribution in [2.75, 3.05) is 51.7 Å². The van der Waals surface area contributed by atoms with Crippen LogP contribution < -0.4 is 10.2 Å². The Morgan fingerprint density at radius 1 is 1.23 bits per heavy atom. The molecule has 1 aliphatic rings. The monoisotopic (exact) mass is 410 g/mol. The zero-order valence-electron chi connectivity index (χ0n) is 18.4. The number of aliphatic imine (C=N–C) groups is 2. The Bertz CT molecular complexity index is 973. The number of rotatable bonds is 6. The van der Waals surface area contributed by atoms with Gasteiger partial charge in [-0.05, 0) is 37.9 Å². The maximum absolute atomic E-state index is 14.8. The molecule has 0 atom stereocenters. The third-order valence-corrected chi connectivity index (χ3v) is 5.35. The average molecular weight is 411 g/mol. The van der Waals surface area contributed by atoms with Crippen LogP contribution >= 0.6 is 0 Å². The van der Waals surface area contributed by atoms with Gasteiger partial charge in [0, 0.05) is 39.8 Å². The van der Waals surface area contributed by atoms with Gasteiger partial charge in [-0.3, -0.25) is 9.98 Å². The number of halogens is 1. The minimum atomic E-state index is -0.252. The van der Waals surface area contributed by atoms with E-state index >= 15 is 0 Å². The lowest BCUT2D eigenvalue weighted by molar-refractivity contribution is 0.312. The Kier molecular flexibility index (Phi) is 7.15.